The Labute approximate surface area is 99.0 Å². The van der Waals surface area contributed by atoms with Crippen LogP contribution < -0.4 is 5.73 Å². The number of carboxylic acid groups (broad SMARTS) is 1. The van der Waals surface area contributed by atoms with Crippen LogP contribution in [0.1, 0.15) is 30.9 Å². The fourth-order valence-corrected chi connectivity index (χ4v) is 3.06. The van der Waals surface area contributed by atoms with E-state index in [0.29, 0.717) is 5.25 Å². The molecule has 0 aliphatic heterocycles. The van der Waals surface area contributed by atoms with E-state index < -0.39 is 12.0 Å². The molecule has 1 aliphatic rings. The summed E-state index contributed by atoms with van der Waals surface area (Å²) in [5, 5.41) is 9.57. The summed E-state index contributed by atoms with van der Waals surface area (Å²) in [5.74, 6) is -0.971. The predicted molar refractivity (Wildman–Crippen MR) is 64.5 cm³/mol. The van der Waals surface area contributed by atoms with E-state index in [9.17, 15) is 4.79 Å². The third-order valence-corrected chi connectivity index (χ3v) is 4.30. The topological polar surface area (TPSA) is 63.3 Å². The van der Waals surface area contributed by atoms with E-state index in [4.69, 9.17) is 10.8 Å². The van der Waals surface area contributed by atoms with Crippen molar-refractivity contribution < 1.29 is 9.90 Å². The first kappa shape index (κ1) is 11.5. The Morgan fingerprint density at radius 1 is 1.44 bits per heavy atom. The zero-order valence-electron chi connectivity index (χ0n) is 8.93. The summed E-state index contributed by atoms with van der Waals surface area (Å²) in [6.45, 7) is 0. The third-order valence-electron chi connectivity index (χ3n) is 2.87. The molecule has 0 radical (unpaired) electrons. The highest BCUT2D eigenvalue weighted by Gasteiger charge is 2.23. The lowest BCUT2D eigenvalue weighted by atomic mass is 10.00. The van der Waals surface area contributed by atoms with Crippen molar-refractivity contribution in [1.29, 1.82) is 0 Å². The van der Waals surface area contributed by atoms with Gasteiger partial charge in [-0.2, -0.15) is 0 Å². The van der Waals surface area contributed by atoms with Crippen LogP contribution in [0.2, 0.25) is 0 Å². The highest BCUT2D eigenvalue weighted by Crippen LogP contribution is 2.38. The molecule has 1 aliphatic carbocycles. The molecule has 1 saturated carbocycles. The van der Waals surface area contributed by atoms with Crippen LogP contribution in [0, 0.1) is 0 Å². The monoisotopic (exact) mass is 237 g/mol. The third kappa shape index (κ3) is 2.39. The zero-order valence-corrected chi connectivity index (χ0v) is 9.74. The maximum Gasteiger partial charge on any atom is 0.325 e. The van der Waals surface area contributed by atoms with Gasteiger partial charge in [0.2, 0.25) is 0 Å². The Hall–Kier alpha value is -1.00. The van der Waals surface area contributed by atoms with Crippen molar-refractivity contribution in [2.75, 3.05) is 0 Å². The summed E-state index contributed by atoms with van der Waals surface area (Å²) >= 11 is 1.76. The Bertz CT molecular complexity index is 390. The molecule has 1 aromatic rings. The number of carboxylic acids is 1. The highest BCUT2D eigenvalue weighted by molar-refractivity contribution is 8.00. The molecule has 3 N–H and O–H groups in total. The van der Waals surface area contributed by atoms with E-state index >= 15 is 0 Å². The fourth-order valence-electron chi connectivity index (χ4n) is 1.65. The minimum atomic E-state index is -0.971. The summed E-state index contributed by atoms with van der Waals surface area (Å²) in [6.07, 6.45) is 3.73. The van der Waals surface area contributed by atoms with Crippen LogP contribution in [0.25, 0.3) is 0 Å². The number of nitrogens with two attached hydrogens (primary N) is 1. The summed E-state index contributed by atoms with van der Waals surface area (Å²) in [6, 6.07) is 6.62. The van der Waals surface area contributed by atoms with Crippen molar-refractivity contribution in [2.24, 2.45) is 5.73 Å². The first-order valence-corrected chi connectivity index (χ1v) is 6.30. The molecule has 0 aromatic heterocycles. The molecular formula is C12H15NO2S. The Balaban J connectivity index is 2.18. The normalized spacial score (nSPS) is 17.8. The molecule has 1 fully saturated rings. The lowest BCUT2D eigenvalue weighted by molar-refractivity contribution is -0.138. The van der Waals surface area contributed by atoms with Gasteiger partial charge in [0.05, 0.1) is 0 Å². The van der Waals surface area contributed by atoms with Gasteiger partial charge in [-0.15, -0.1) is 11.8 Å². The number of rotatable bonds is 4. The molecule has 86 valence electrons. The molecule has 1 aromatic carbocycles. The van der Waals surface area contributed by atoms with Crippen molar-refractivity contribution in [2.45, 2.75) is 35.4 Å². The molecule has 0 spiro atoms. The van der Waals surface area contributed by atoms with Gasteiger partial charge in [0.15, 0.2) is 0 Å². The SMILES string of the molecule is NC(C(=O)O)c1ccccc1SC1CCC1. The quantitative estimate of drug-likeness (QED) is 0.844. The van der Waals surface area contributed by atoms with Gasteiger partial charge in [-0.25, -0.2) is 0 Å². The number of aliphatic carboxylic acids is 1. The Kier molecular flexibility index (Phi) is 3.51. The van der Waals surface area contributed by atoms with E-state index in [-0.39, 0.29) is 0 Å². The number of hydrogen-bond acceptors (Lipinski definition) is 3. The average Bonchev–Trinajstić information content (AvgIpc) is 2.23. The van der Waals surface area contributed by atoms with Crippen molar-refractivity contribution in [3.63, 3.8) is 0 Å². The Morgan fingerprint density at radius 2 is 2.12 bits per heavy atom. The maximum atomic E-state index is 10.9. The molecule has 1 unspecified atom stereocenters. The van der Waals surface area contributed by atoms with Gasteiger partial charge in [0.25, 0.3) is 0 Å². The van der Waals surface area contributed by atoms with Crippen LogP contribution in [-0.4, -0.2) is 16.3 Å². The molecule has 0 amide bonds. The molecule has 2 rings (SSSR count). The molecule has 16 heavy (non-hydrogen) atoms. The van der Waals surface area contributed by atoms with Crippen molar-refractivity contribution in [3.05, 3.63) is 29.8 Å². The average molecular weight is 237 g/mol. The molecule has 0 saturated heterocycles. The van der Waals surface area contributed by atoms with Gasteiger partial charge >= 0.3 is 5.97 Å². The maximum absolute atomic E-state index is 10.9. The van der Waals surface area contributed by atoms with Gasteiger partial charge in [0.1, 0.15) is 6.04 Å². The van der Waals surface area contributed by atoms with Crippen molar-refractivity contribution in [1.82, 2.24) is 0 Å². The van der Waals surface area contributed by atoms with E-state index in [2.05, 4.69) is 0 Å². The van der Waals surface area contributed by atoms with Crippen LogP contribution in [0.5, 0.6) is 0 Å². The first-order valence-electron chi connectivity index (χ1n) is 5.42. The molecule has 0 bridgehead atoms. The number of thioether (sulfide) groups is 1. The summed E-state index contributed by atoms with van der Waals surface area (Å²) in [7, 11) is 0. The van der Waals surface area contributed by atoms with Crippen LogP contribution in [0.15, 0.2) is 29.2 Å². The van der Waals surface area contributed by atoms with E-state index in [1.807, 2.05) is 18.2 Å². The lowest BCUT2D eigenvalue weighted by Gasteiger charge is -2.26. The largest absolute Gasteiger partial charge is 0.480 e. The second-order valence-corrected chi connectivity index (χ2v) is 5.37. The summed E-state index contributed by atoms with van der Waals surface area (Å²) < 4.78 is 0. The molecular weight excluding hydrogens is 222 g/mol. The van der Waals surface area contributed by atoms with Gasteiger partial charge in [-0.3, -0.25) is 4.79 Å². The second-order valence-electron chi connectivity index (χ2n) is 4.02. The summed E-state index contributed by atoms with van der Waals surface area (Å²) in [4.78, 5) is 11.9. The molecule has 1 atom stereocenters. The molecule has 0 heterocycles. The van der Waals surface area contributed by atoms with E-state index in [1.165, 1.54) is 19.3 Å². The standard InChI is InChI=1S/C12H15NO2S/c13-11(12(14)15)9-6-1-2-7-10(9)16-8-4-3-5-8/h1-2,6-8,11H,3-5,13H2,(H,14,15). The Morgan fingerprint density at radius 3 is 2.69 bits per heavy atom. The van der Waals surface area contributed by atoms with Crippen molar-refractivity contribution >= 4 is 17.7 Å². The predicted octanol–water partition coefficient (Wildman–Crippen LogP) is 2.42. The van der Waals surface area contributed by atoms with E-state index in [0.717, 1.165) is 10.5 Å². The second kappa shape index (κ2) is 4.89. The number of hydrogen-bond donors (Lipinski definition) is 2. The number of carbonyl (C=O) groups is 1. The van der Waals surface area contributed by atoms with Crippen molar-refractivity contribution in [3.8, 4) is 0 Å². The van der Waals surface area contributed by atoms with Gasteiger partial charge in [-0.05, 0) is 24.5 Å². The highest BCUT2D eigenvalue weighted by atomic mass is 32.2. The zero-order chi connectivity index (χ0) is 11.5. The van der Waals surface area contributed by atoms with Gasteiger partial charge in [-0.1, -0.05) is 24.6 Å². The first-order chi connectivity index (χ1) is 7.68. The van der Waals surface area contributed by atoms with Gasteiger partial charge < -0.3 is 10.8 Å². The van der Waals surface area contributed by atoms with Crippen LogP contribution in [0.3, 0.4) is 0 Å². The van der Waals surface area contributed by atoms with Crippen LogP contribution in [-0.2, 0) is 4.79 Å². The van der Waals surface area contributed by atoms with Crippen LogP contribution in [0.4, 0.5) is 0 Å². The smallest absolute Gasteiger partial charge is 0.325 e. The van der Waals surface area contributed by atoms with Crippen LogP contribution >= 0.6 is 11.8 Å². The molecule has 3 nitrogen and oxygen atoms in total. The summed E-state index contributed by atoms with van der Waals surface area (Å²) in [5.41, 5.74) is 6.39. The minimum absolute atomic E-state index is 0.641. The lowest BCUT2D eigenvalue weighted by Crippen LogP contribution is -2.22. The van der Waals surface area contributed by atoms with E-state index in [1.54, 1.807) is 17.8 Å². The minimum Gasteiger partial charge on any atom is -0.480 e. The fraction of sp³-hybridized carbons (Fsp3) is 0.417. The van der Waals surface area contributed by atoms with Gasteiger partial charge in [0, 0.05) is 10.1 Å². The number of benzene rings is 1. The molecule has 4 heteroatoms.